The highest BCUT2D eigenvalue weighted by atomic mass is 16.7. The summed E-state index contributed by atoms with van der Waals surface area (Å²) < 4.78 is 17.7. The normalized spacial score (nSPS) is 17.9. The number of hydrogen-bond donors (Lipinski definition) is 0. The van der Waals surface area contributed by atoms with Crippen molar-refractivity contribution >= 4 is 5.97 Å². The lowest BCUT2D eigenvalue weighted by Crippen LogP contribution is -2.21. The summed E-state index contributed by atoms with van der Waals surface area (Å²) in [6, 6.07) is 7.14. The maximum atomic E-state index is 11.6. The van der Waals surface area contributed by atoms with Crippen molar-refractivity contribution in [3.05, 3.63) is 47.8 Å². The molecular formula is C17H20N2O4. The van der Waals surface area contributed by atoms with E-state index in [1.54, 1.807) is 29.1 Å². The lowest BCUT2D eigenvalue weighted by molar-refractivity contribution is -0.168. The Balaban J connectivity index is 1.65. The molecule has 2 aromatic rings. The number of aromatic nitrogens is 2. The Hall–Kier alpha value is -2.18. The van der Waals surface area contributed by atoms with Crippen molar-refractivity contribution in [1.29, 1.82) is 0 Å². The van der Waals surface area contributed by atoms with E-state index in [0.29, 0.717) is 12.2 Å². The van der Waals surface area contributed by atoms with Crippen molar-refractivity contribution < 1.29 is 19.0 Å². The van der Waals surface area contributed by atoms with Crippen LogP contribution in [0.1, 0.15) is 35.2 Å². The van der Waals surface area contributed by atoms with Gasteiger partial charge >= 0.3 is 5.97 Å². The van der Waals surface area contributed by atoms with Crippen LogP contribution in [-0.2, 0) is 20.8 Å². The van der Waals surface area contributed by atoms with E-state index < -0.39 is 0 Å². The van der Waals surface area contributed by atoms with Gasteiger partial charge in [-0.2, -0.15) is 5.10 Å². The van der Waals surface area contributed by atoms with E-state index in [-0.39, 0.29) is 12.3 Å². The van der Waals surface area contributed by atoms with Crippen molar-refractivity contribution in [2.24, 2.45) is 0 Å². The van der Waals surface area contributed by atoms with Crippen molar-refractivity contribution in [2.75, 3.05) is 13.7 Å². The number of esters is 1. The van der Waals surface area contributed by atoms with Gasteiger partial charge in [-0.1, -0.05) is 6.07 Å². The number of hydrogen-bond acceptors (Lipinski definition) is 5. The van der Waals surface area contributed by atoms with Gasteiger partial charge in [-0.05, 0) is 37.5 Å². The van der Waals surface area contributed by atoms with Crippen LogP contribution in [0.5, 0.6) is 0 Å². The maximum absolute atomic E-state index is 11.6. The van der Waals surface area contributed by atoms with E-state index in [1.807, 2.05) is 12.3 Å². The molecule has 122 valence electrons. The molecule has 1 atom stereocenters. The van der Waals surface area contributed by atoms with Gasteiger partial charge in [0.05, 0.1) is 31.2 Å². The fourth-order valence-electron chi connectivity index (χ4n) is 2.50. The van der Waals surface area contributed by atoms with E-state index in [9.17, 15) is 4.79 Å². The zero-order chi connectivity index (χ0) is 16.1. The van der Waals surface area contributed by atoms with E-state index in [1.165, 1.54) is 7.11 Å². The van der Waals surface area contributed by atoms with Crippen molar-refractivity contribution in [1.82, 2.24) is 9.78 Å². The van der Waals surface area contributed by atoms with Crippen LogP contribution < -0.4 is 0 Å². The first kappa shape index (κ1) is 15.7. The Morgan fingerprint density at radius 2 is 2.35 bits per heavy atom. The highest BCUT2D eigenvalue weighted by Crippen LogP contribution is 2.16. The number of carbonyl (C=O) groups excluding carboxylic acids is 1. The summed E-state index contributed by atoms with van der Waals surface area (Å²) in [7, 11) is 1.37. The Labute approximate surface area is 135 Å². The highest BCUT2D eigenvalue weighted by molar-refractivity contribution is 5.89. The quantitative estimate of drug-likeness (QED) is 0.794. The summed E-state index contributed by atoms with van der Waals surface area (Å²) in [5, 5.41) is 4.32. The SMILES string of the molecule is COC(=O)c1cccc(-n2cc(COC3CCCCO3)cn2)c1. The summed E-state index contributed by atoms with van der Waals surface area (Å²) in [6.45, 7) is 1.23. The molecule has 1 aliphatic heterocycles. The average Bonchev–Trinajstić information content (AvgIpc) is 3.09. The average molecular weight is 316 g/mol. The molecule has 23 heavy (non-hydrogen) atoms. The molecule has 0 radical (unpaired) electrons. The first-order valence-electron chi connectivity index (χ1n) is 7.72. The molecule has 0 N–H and O–H groups in total. The first-order chi connectivity index (χ1) is 11.3. The van der Waals surface area contributed by atoms with Crippen molar-refractivity contribution in [3.8, 4) is 5.69 Å². The number of methoxy groups -OCH3 is 1. The minimum Gasteiger partial charge on any atom is -0.465 e. The summed E-state index contributed by atoms with van der Waals surface area (Å²) in [4.78, 5) is 11.6. The van der Waals surface area contributed by atoms with Gasteiger partial charge < -0.3 is 14.2 Å². The fourth-order valence-corrected chi connectivity index (χ4v) is 2.50. The second-order valence-electron chi connectivity index (χ2n) is 5.44. The van der Waals surface area contributed by atoms with E-state index in [0.717, 1.165) is 37.1 Å². The zero-order valence-corrected chi connectivity index (χ0v) is 13.1. The Bertz CT molecular complexity index is 662. The smallest absolute Gasteiger partial charge is 0.337 e. The number of ether oxygens (including phenoxy) is 3. The molecule has 3 rings (SSSR count). The lowest BCUT2D eigenvalue weighted by atomic mass is 10.2. The van der Waals surface area contributed by atoms with Crippen LogP contribution in [0.15, 0.2) is 36.7 Å². The Morgan fingerprint density at radius 1 is 1.43 bits per heavy atom. The van der Waals surface area contributed by atoms with Crippen LogP contribution in [0.3, 0.4) is 0 Å². The third-order valence-electron chi connectivity index (χ3n) is 3.74. The molecule has 1 aromatic carbocycles. The standard InChI is InChI=1S/C17H20N2O4/c1-21-17(20)14-5-4-6-15(9-14)19-11-13(10-18-19)12-23-16-7-2-3-8-22-16/h4-6,9-11,16H,2-3,7-8,12H2,1H3. The largest absolute Gasteiger partial charge is 0.465 e. The monoisotopic (exact) mass is 316 g/mol. The summed E-state index contributed by atoms with van der Waals surface area (Å²) in [6.07, 6.45) is 6.72. The third-order valence-corrected chi connectivity index (χ3v) is 3.74. The second-order valence-corrected chi connectivity index (χ2v) is 5.44. The first-order valence-corrected chi connectivity index (χ1v) is 7.72. The molecule has 1 fully saturated rings. The lowest BCUT2D eigenvalue weighted by Gasteiger charge is -2.22. The number of nitrogens with zero attached hydrogens (tertiary/aromatic N) is 2. The molecule has 0 bridgehead atoms. The van der Waals surface area contributed by atoms with Gasteiger partial charge in [0.1, 0.15) is 0 Å². The molecular weight excluding hydrogens is 296 g/mol. The maximum Gasteiger partial charge on any atom is 0.337 e. The minimum atomic E-state index is -0.364. The van der Waals surface area contributed by atoms with Crippen molar-refractivity contribution in [3.63, 3.8) is 0 Å². The van der Waals surface area contributed by atoms with Crippen molar-refractivity contribution in [2.45, 2.75) is 32.2 Å². The molecule has 6 nitrogen and oxygen atoms in total. The van der Waals surface area contributed by atoms with Gasteiger partial charge in [0.25, 0.3) is 0 Å². The molecule has 0 aliphatic carbocycles. The molecule has 6 heteroatoms. The Morgan fingerprint density at radius 3 is 3.13 bits per heavy atom. The predicted molar refractivity (Wildman–Crippen MR) is 83.3 cm³/mol. The van der Waals surface area contributed by atoms with Gasteiger partial charge in [0.2, 0.25) is 0 Å². The molecule has 0 amide bonds. The van der Waals surface area contributed by atoms with E-state index in [4.69, 9.17) is 14.2 Å². The highest BCUT2D eigenvalue weighted by Gasteiger charge is 2.14. The molecule has 1 saturated heterocycles. The topological polar surface area (TPSA) is 62.6 Å². The minimum absolute atomic E-state index is 0.116. The number of carbonyl (C=O) groups is 1. The van der Waals surface area contributed by atoms with Crippen LogP contribution in [-0.4, -0.2) is 35.8 Å². The molecule has 2 heterocycles. The Kier molecular flexibility index (Phi) is 5.05. The van der Waals surface area contributed by atoms with Gasteiger partial charge in [0, 0.05) is 18.4 Å². The van der Waals surface area contributed by atoms with Gasteiger partial charge in [-0.15, -0.1) is 0 Å². The summed E-state index contributed by atoms with van der Waals surface area (Å²) in [5.41, 5.74) is 2.25. The van der Waals surface area contributed by atoms with Gasteiger partial charge in [0.15, 0.2) is 6.29 Å². The molecule has 1 aliphatic rings. The zero-order valence-electron chi connectivity index (χ0n) is 13.1. The van der Waals surface area contributed by atoms with Crippen LogP contribution >= 0.6 is 0 Å². The summed E-state index contributed by atoms with van der Waals surface area (Å²) in [5.74, 6) is -0.364. The third kappa shape index (κ3) is 3.97. The molecule has 1 aromatic heterocycles. The van der Waals surface area contributed by atoms with E-state index in [2.05, 4.69) is 5.10 Å². The van der Waals surface area contributed by atoms with Crippen LogP contribution in [0.2, 0.25) is 0 Å². The number of rotatable bonds is 5. The predicted octanol–water partition coefficient (Wildman–Crippen LogP) is 2.70. The van der Waals surface area contributed by atoms with Crippen LogP contribution in [0.25, 0.3) is 5.69 Å². The molecule has 1 unspecified atom stereocenters. The van der Waals surface area contributed by atoms with Gasteiger partial charge in [-0.25, -0.2) is 9.48 Å². The van der Waals surface area contributed by atoms with Crippen LogP contribution in [0.4, 0.5) is 0 Å². The van der Waals surface area contributed by atoms with Gasteiger partial charge in [-0.3, -0.25) is 0 Å². The van der Waals surface area contributed by atoms with E-state index >= 15 is 0 Å². The molecule has 0 spiro atoms. The summed E-state index contributed by atoms with van der Waals surface area (Å²) >= 11 is 0. The number of benzene rings is 1. The van der Waals surface area contributed by atoms with Crippen LogP contribution in [0, 0.1) is 0 Å². The second kappa shape index (κ2) is 7.39. The molecule has 0 saturated carbocycles. The fraction of sp³-hybridized carbons (Fsp3) is 0.412.